The van der Waals surface area contributed by atoms with Gasteiger partial charge < -0.3 is 10.6 Å². The third-order valence-electron chi connectivity index (χ3n) is 3.85. The number of hydrogen-bond donors (Lipinski definition) is 1. The van der Waals surface area contributed by atoms with Crippen LogP contribution in [0.5, 0.6) is 0 Å². The summed E-state index contributed by atoms with van der Waals surface area (Å²) in [6.07, 6.45) is 1.96. The van der Waals surface area contributed by atoms with Crippen molar-refractivity contribution < 1.29 is 13.2 Å². The summed E-state index contributed by atoms with van der Waals surface area (Å²) in [6.45, 7) is 3.75. The van der Waals surface area contributed by atoms with E-state index in [4.69, 9.17) is 5.73 Å². The maximum atomic E-state index is 12.5. The van der Waals surface area contributed by atoms with Crippen LogP contribution in [0.4, 0.5) is 0 Å². The standard InChI is InChI=1S/C14H20N2O3S/c1-14(9-15)7-8-16(10-14)13(17)11-5-3-4-6-12(11)20(2,18)19/h3-6H,7-10,15H2,1-2H3. The van der Waals surface area contributed by atoms with Crippen LogP contribution in [0.2, 0.25) is 0 Å². The lowest BCUT2D eigenvalue weighted by Gasteiger charge is -2.23. The number of carbonyl (C=O) groups excluding carboxylic acids is 1. The largest absolute Gasteiger partial charge is 0.338 e. The number of amides is 1. The Bertz CT molecular complexity index is 627. The number of carbonyl (C=O) groups is 1. The van der Waals surface area contributed by atoms with E-state index in [1.807, 2.05) is 6.92 Å². The number of likely N-dealkylation sites (tertiary alicyclic amines) is 1. The number of sulfone groups is 1. The number of nitrogens with zero attached hydrogens (tertiary/aromatic N) is 1. The summed E-state index contributed by atoms with van der Waals surface area (Å²) >= 11 is 0. The Morgan fingerprint density at radius 1 is 1.40 bits per heavy atom. The fourth-order valence-electron chi connectivity index (χ4n) is 2.50. The molecule has 1 heterocycles. The molecule has 6 heteroatoms. The fourth-order valence-corrected chi connectivity index (χ4v) is 3.38. The van der Waals surface area contributed by atoms with E-state index in [1.54, 1.807) is 23.1 Å². The molecule has 1 unspecified atom stereocenters. The molecule has 0 aliphatic carbocycles. The van der Waals surface area contributed by atoms with Crippen LogP contribution in [0, 0.1) is 5.41 Å². The quantitative estimate of drug-likeness (QED) is 0.898. The van der Waals surface area contributed by atoms with Crippen molar-refractivity contribution in [1.82, 2.24) is 4.90 Å². The summed E-state index contributed by atoms with van der Waals surface area (Å²) < 4.78 is 23.5. The van der Waals surface area contributed by atoms with Gasteiger partial charge in [-0.1, -0.05) is 19.1 Å². The minimum atomic E-state index is -3.41. The van der Waals surface area contributed by atoms with E-state index in [9.17, 15) is 13.2 Å². The predicted molar refractivity (Wildman–Crippen MR) is 77.2 cm³/mol. The summed E-state index contributed by atoms with van der Waals surface area (Å²) in [5, 5.41) is 0. The first-order chi connectivity index (χ1) is 9.27. The smallest absolute Gasteiger partial charge is 0.255 e. The van der Waals surface area contributed by atoms with Gasteiger partial charge in [-0.15, -0.1) is 0 Å². The van der Waals surface area contributed by atoms with Crippen molar-refractivity contribution in [1.29, 1.82) is 0 Å². The van der Waals surface area contributed by atoms with E-state index in [0.29, 0.717) is 19.6 Å². The molecule has 1 atom stereocenters. The van der Waals surface area contributed by atoms with Crippen LogP contribution in [0.3, 0.4) is 0 Å². The summed E-state index contributed by atoms with van der Waals surface area (Å²) in [6, 6.07) is 6.35. The number of benzene rings is 1. The van der Waals surface area contributed by atoms with Crippen molar-refractivity contribution in [3.05, 3.63) is 29.8 Å². The zero-order valence-electron chi connectivity index (χ0n) is 11.8. The van der Waals surface area contributed by atoms with Crippen LogP contribution < -0.4 is 5.73 Å². The van der Waals surface area contributed by atoms with E-state index in [1.165, 1.54) is 6.07 Å². The van der Waals surface area contributed by atoms with Crippen molar-refractivity contribution in [3.63, 3.8) is 0 Å². The van der Waals surface area contributed by atoms with Gasteiger partial charge >= 0.3 is 0 Å². The molecule has 1 aromatic carbocycles. The average Bonchev–Trinajstić information content (AvgIpc) is 2.80. The third-order valence-corrected chi connectivity index (χ3v) is 5.01. The number of hydrogen-bond acceptors (Lipinski definition) is 4. The molecule has 1 aliphatic heterocycles. The Labute approximate surface area is 119 Å². The van der Waals surface area contributed by atoms with Crippen LogP contribution in [-0.4, -0.2) is 45.1 Å². The average molecular weight is 296 g/mol. The number of rotatable bonds is 3. The normalized spacial score (nSPS) is 23.1. The second-order valence-electron chi connectivity index (χ2n) is 5.76. The lowest BCUT2D eigenvalue weighted by Crippen LogP contribution is -2.35. The van der Waals surface area contributed by atoms with Gasteiger partial charge in [0.1, 0.15) is 0 Å². The molecule has 0 radical (unpaired) electrons. The maximum Gasteiger partial charge on any atom is 0.255 e. The van der Waals surface area contributed by atoms with Gasteiger partial charge in [0.2, 0.25) is 0 Å². The van der Waals surface area contributed by atoms with Crippen LogP contribution in [0.1, 0.15) is 23.7 Å². The molecule has 1 aliphatic rings. The Morgan fingerprint density at radius 3 is 2.60 bits per heavy atom. The lowest BCUT2D eigenvalue weighted by molar-refractivity contribution is 0.0773. The molecule has 0 spiro atoms. The molecule has 2 N–H and O–H groups in total. The minimum Gasteiger partial charge on any atom is -0.338 e. The molecule has 1 fully saturated rings. The topological polar surface area (TPSA) is 80.5 Å². The molecule has 0 bridgehead atoms. The summed E-state index contributed by atoms with van der Waals surface area (Å²) in [4.78, 5) is 14.3. The fraction of sp³-hybridized carbons (Fsp3) is 0.500. The van der Waals surface area contributed by atoms with Gasteiger partial charge in [0.25, 0.3) is 5.91 Å². The maximum absolute atomic E-state index is 12.5. The van der Waals surface area contributed by atoms with Crippen molar-refractivity contribution in [3.8, 4) is 0 Å². The molecule has 1 aromatic rings. The van der Waals surface area contributed by atoms with Crippen molar-refractivity contribution in [2.75, 3.05) is 25.9 Å². The highest BCUT2D eigenvalue weighted by Crippen LogP contribution is 2.30. The second kappa shape index (κ2) is 5.18. The highest BCUT2D eigenvalue weighted by molar-refractivity contribution is 7.90. The molecule has 20 heavy (non-hydrogen) atoms. The van der Waals surface area contributed by atoms with Gasteiger partial charge in [0, 0.05) is 19.3 Å². The van der Waals surface area contributed by atoms with Gasteiger partial charge in [-0.2, -0.15) is 0 Å². The van der Waals surface area contributed by atoms with Gasteiger partial charge in [-0.3, -0.25) is 4.79 Å². The Balaban J connectivity index is 2.32. The van der Waals surface area contributed by atoms with E-state index in [-0.39, 0.29) is 21.8 Å². The van der Waals surface area contributed by atoms with Crippen LogP contribution >= 0.6 is 0 Å². The Hall–Kier alpha value is -1.40. The summed E-state index contributed by atoms with van der Waals surface area (Å²) in [5.74, 6) is -0.233. The molecule has 1 amide bonds. The van der Waals surface area contributed by atoms with Gasteiger partial charge in [-0.25, -0.2) is 8.42 Å². The van der Waals surface area contributed by atoms with E-state index >= 15 is 0 Å². The predicted octanol–water partition coefficient (Wildman–Crippen LogP) is 0.901. The molecular weight excluding hydrogens is 276 g/mol. The summed E-state index contributed by atoms with van der Waals surface area (Å²) in [5.41, 5.74) is 5.91. The van der Waals surface area contributed by atoms with Gasteiger partial charge in [0.05, 0.1) is 10.5 Å². The molecule has 5 nitrogen and oxygen atoms in total. The lowest BCUT2D eigenvalue weighted by atomic mass is 9.90. The number of nitrogens with two attached hydrogens (primary N) is 1. The monoisotopic (exact) mass is 296 g/mol. The molecule has 0 aromatic heterocycles. The van der Waals surface area contributed by atoms with Crippen LogP contribution in [-0.2, 0) is 9.84 Å². The first-order valence-corrected chi connectivity index (χ1v) is 8.44. The Kier molecular flexibility index (Phi) is 3.88. The first kappa shape index (κ1) is 15.0. The molecule has 2 rings (SSSR count). The van der Waals surface area contributed by atoms with Crippen molar-refractivity contribution in [2.45, 2.75) is 18.2 Å². The zero-order valence-corrected chi connectivity index (χ0v) is 12.6. The van der Waals surface area contributed by atoms with E-state index in [2.05, 4.69) is 0 Å². The van der Waals surface area contributed by atoms with E-state index < -0.39 is 9.84 Å². The van der Waals surface area contributed by atoms with E-state index in [0.717, 1.165) is 12.7 Å². The first-order valence-electron chi connectivity index (χ1n) is 6.55. The highest BCUT2D eigenvalue weighted by Gasteiger charge is 2.36. The molecule has 1 saturated heterocycles. The van der Waals surface area contributed by atoms with Gasteiger partial charge in [0.15, 0.2) is 9.84 Å². The molecule has 0 saturated carbocycles. The minimum absolute atomic E-state index is 0.0737. The van der Waals surface area contributed by atoms with Crippen LogP contribution in [0.15, 0.2) is 29.2 Å². The second-order valence-corrected chi connectivity index (χ2v) is 7.74. The molecule has 110 valence electrons. The van der Waals surface area contributed by atoms with Crippen molar-refractivity contribution in [2.24, 2.45) is 11.1 Å². The highest BCUT2D eigenvalue weighted by atomic mass is 32.2. The molecular formula is C14H20N2O3S. The van der Waals surface area contributed by atoms with Crippen molar-refractivity contribution >= 4 is 15.7 Å². The summed E-state index contributed by atoms with van der Waals surface area (Å²) in [7, 11) is -3.41. The van der Waals surface area contributed by atoms with Gasteiger partial charge in [-0.05, 0) is 30.5 Å². The Morgan fingerprint density at radius 2 is 2.05 bits per heavy atom. The SMILES string of the molecule is CC1(CN)CCN(C(=O)c2ccccc2S(C)(=O)=O)C1. The zero-order chi connectivity index (χ0) is 15.0. The van der Waals surface area contributed by atoms with Crippen LogP contribution in [0.25, 0.3) is 0 Å². The third kappa shape index (κ3) is 2.86.